The minimum atomic E-state index is -0.296. The van der Waals surface area contributed by atoms with Gasteiger partial charge in [0, 0.05) is 28.4 Å². The van der Waals surface area contributed by atoms with Crippen LogP contribution < -0.4 is 10.9 Å². The molecule has 0 unspecified atom stereocenters. The molecule has 0 aromatic carbocycles. The van der Waals surface area contributed by atoms with E-state index in [1.54, 1.807) is 23.0 Å². The summed E-state index contributed by atoms with van der Waals surface area (Å²) in [5.41, 5.74) is 0.917. The lowest BCUT2D eigenvalue weighted by molar-refractivity contribution is -0.126. The van der Waals surface area contributed by atoms with E-state index in [2.05, 4.69) is 5.32 Å². The van der Waals surface area contributed by atoms with Crippen molar-refractivity contribution in [3.8, 4) is 10.4 Å². The fourth-order valence-corrected chi connectivity index (χ4v) is 9.29. The molecule has 1 amide bonds. The molecule has 4 aliphatic rings. The SMILES string of the molecule is C[C@H](Sc1nc2scc(-c3cccs3)c2c(=O)n1C)C(=O)NC12CC3CC(CC(C3)C1)C2. The predicted molar refractivity (Wildman–Crippen MR) is 133 cm³/mol. The number of carbonyl (C=O) groups is 1. The zero-order chi connectivity index (χ0) is 22.0. The quantitative estimate of drug-likeness (QED) is 0.394. The minimum Gasteiger partial charge on any atom is -0.350 e. The molecule has 0 aliphatic heterocycles. The highest BCUT2D eigenvalue weighted by atomic mass is 32.2. The van der Waals surface area contributed by atoms with Gasteiger partial charge in [0.1, 0.15) is 4.83 Å². The maximum absolute atomic E-state index is 13.2. The van der Waals surface area contributed by atoms with Gasteiger partial charge in [0.2, 0.25) is 5.91 Å². The summed E-state index contributed by atoms with van der Waals surface area (Å²) >= 11 is 4.52. The molecular formula is C24H27N3O2S3. The number of thiophene rings is 2. The van der Waals surface area contributed by atoms with Crippen molar-refractivity contribution >= 4 is 50.6 Å². The molecule has 1 atom stereocenters. The van der Waals surface area contributed by atoms with Crippen molar-refractivity contribution in [1.29, 1.82) is 0 Å². The number of hydrogen-bond acceptors (Lipinski definition) is 6. The average Bonchev–Trinajstić information content (AvgIpc) is 3.40. The van der Waals surface area contributed by atoms with Gasteiger partial charge in [-0.1, -0.05) is 17.8 Å². The number of rotatable bonds is 5. The first-order chi connectivity index (χ1) is 15.4. The molecule has 4 saturated carbocycles. The van der Waals surface area contributed by atoms with Crippen LogP contribution in [0.4, 0.5) is 0 Å². The first-order valence-electron chi connectivity index (χ1n) is 11.4. The van der Waals surface area contributed by atoms with Gasteiger partial charge >= 0.3 is 0 Å². The monoisotopic (exact) mass is 485 g/mol. The van der Waals surface area contributed by atoms with E-state index >= 15 is 0 Å². The van der Waals surface area contributed by atoms with Gasteiger partial charge in [-0.25, -0.2) is 4.98 Å². The van der Waals surface area contributed by atoms with Crippen molar-refractivity contribution < 1.29 is 4.79 Å². The summed E-state index contributed by atoms with van der Waals surface area (Å²) in [4.78, 5) is 33.0. The Balaban J connectivity index is 1.23. The average molecular weight is 486 g/mol. The molecule has 0 radical (unpaired) electrons. The highest BCUT2D eigenvalue weighted by Crippen LogP contribution is 2.55. The van der Waals surface area contributed by atoms with E-state index in [4.69, 9.17) is 4.98 Å². The van der Waals surface area contributed by atoms with Crippen LogP contribution in [0.15, 0.2) is 32.8 Å². The topological polar surface area (TPSA) is 64.0 Å². The van der Waals surface area contributed by atoms with Crippen LogP contribution in [-0.2, 0) is 11.8 Å². The van der Waals surface area contributed by atoms with Crippen molar-refractivity contribution in [2.75, 3.05) is 0 Å². The molecule has 3 aromatic heterocycles. The van der Waals surface area contributed by atoms with Crippen LogP contribution in [0.3, 0.4) is 0 Å². The summed E-state index contributed by atoms with van der Waals surface area (Å²) < 4.78 is 1.60. The zero-order valence-electron chi connectivity index (χ0n) is 18.3. The van der Waals surface area contributed by atoms with Gasteiger partial charge in [0.05, 0.1) is 10.6 Å². The van der Waals surface area contributed by atoms with E-state index in [0.717, 1.165) is 52.3 Å². The third kappa shape index (κ3) is 3.46. The smallest absolute Gasteiger partial charge is 0.263 e. The van der Waals surface area contributed by atoms with E-state index in [-0.39, 0.29) is 22.3 Å². The highest BCUT2D eigenvalue weighted by molar-refractivity contribution is 8.00. The summed E-state index contributed by atoms with van der Waals surface area (Å²) in [6.45, 7) is 1.93. The van der Waals surface area contributed by atoms with E-state index in [1.807, 2.05) is 29.8 Å². The Kier molecular flexibility index (Phi) is 5.04. The summed E-state index contributed by atoms with van der Waals surface area (Å²) in [6, 6.07) is 4.03. The lowest BCUT2D eigenvalue weighted by atomic mass is 9.53. The predicted octanol–water partition coefficient (Wildman–Crippen LogP) is 5.29. The number of fused-ring (bicyclic) bond motifs is 1. The molecule has 4 bridgehead atoms. The molecule has 1 N–H and O–H groups in total. The first kappa shape index (κ1) is 20.9. The Hall–Kier alpha value is -1.64. The molecule has 7 rings (SSSR count). The molecule has 4 fully saturated rings. The fraction of sp³-hybridized carbons (Fsp3) is 0.542. The van der Waals surface area contributed by atoms with Crippen LogP contribution >= 0.6 is 34.4 Å². The molecule has 32 heavy (non-hydrogen) atoms. The normalized spacial score (nSPS) is 29.5. The maximum atomic E-state index is 13.2. The molecule has 3 heterocycles. The van der Waals surface area contributed by atoms with Crippen LogP contribution in [0.25, 0.3) is 20.7 Å². The van der Waals surface area contributed by atoms with E-state index < -0.39 is 0 Å². The summed E-state index contributed by atoms with van der Waals surface area (Å²) in [6.07, 6.45) is 7.52. The van der Waals surface area contributed by atoms with Crippen LogP contribution in [0, 0.1) is 17.8 Å². The summed E-state index contributed by atoms with van der Waals surface area (Å²) in [7, 11) is 1.76. The number of amides is 1. The van der Waals surface area contributed by atoms with Crippen LogP contribution in [0.5, 0.6) is 0 Å². The molecule has 168 valence electrons. The number of carbonyl (C=O) groups excluding carboxylic acids is 1. The lowest BCUT2D eigenvalue weighted by Gasteiger charge is -2.57. The van der Waals surface area contributed by atoms with Gasteiger partial charge in [-0.2, -0.15) is 0 Å². The van der Waals surface area contributed by atoms with E-state index in [1.165, 1.54) is 42.4 Å². The molecule has 0 saturated heterocycles. The molecule has 4 aliphatic carbocycles. The Bertz CT molecular complexity index is 1210. The molecule has 0 spiro atoms. The number of nitrogens with one attached hydrogen (secondary N) is 1. The second-order valence-electron chi connectivity index (χ2n) is 10.0. The van der Waals surface area contributed by atoms with Crippen LogP contribution in [0.1, 0.15) is 45.4 Å². The Morgan fingerprint density at radius 1 is 1.22 bits per heavy atom. The van der Waals surface area contributed by atoms with Crippen LogP contribution in [-0.4, -0.2) is 26.2 Å². The number of thioether (sulfide) groups is 1. The van der Waals surface area contributed by atoms with Crippen molar-refractivity contribution in [2.24, 2.45) is 24.8 Å². The molecule has 8 heteroatoms. The van der Waals surface area contributed by atoms with E-state index in [9.17, 15) is 9.59 Å². The van der Waals surface area contributed by atoms with Gasteiger partial charge in [0.25, 0.3) is 5.56 Å². The van der Waals surface area contributed by atoms with Gasteiger partial charge < -0.3 is 5.32 Å². The fourth-order valence-electron chi connectivity index (χ4n) is 6.61. The first-order valence-corrected chi connectivity index (χ1v) is 14.1. The van der Waals surface area contributed by atoms with Gasteiger partial charge in [0.15, 0.2) is 5.16 Å². The van der Waals surface area contributed by atoms with Crippen molar-refractivity contribution in [3.05, 3.63) is 33.2 Å². The zero-order valence-corrected chi connectivity index (χ0v) is 20.7. The molecular weight excluding hydrogens is 458 g/mol. The standard InChI is InChI=1S/C24H27N3O2S3/c1-13(20(28)26-24-9-14-6-15(10-24)8-16(7-14)11-24)32-23-25-21-19(22(29)27(23)2)17(12-31-21)18-4-3-5-30-18/h3-5,12-16H,6-11H2,1-2H3,(H,26,28)/t13-,14?,15?,16?,24?/m0/s1. The summed E-state index contributed by atoms with van der Waals surface area (Å²) in [5.74, 6) is 2.47. The second kappa shape index (κ2) is 7.71. The van der Waals surface area contributed by atoms with Crippen molar-refractivity contribution in [3.63, 3.8) is 0 Å². The Morgan fingerprint density at radius 2 is 1.91 bits per heavy atom. The largest absolute Gasteiger partial charge is 0.350 e. The Labute approximate surface area is 199 Å². The van der Waals surface area contributed by atoms with Gasteiger partial charge in [-0.15, -0.1) is 22.7 Å². The maximum Gasteiger partial charge on any atom is 0.263 e. The lowest BCUT2D eigenvalue weighted by Crippen LogP contribution is -2.60. The van der Waals surface area contributed by atoms with Crippen molar-refractivity contribution in [1.82, 2.24) is 14.9 Å². The highest BCUT2D eigenvalue weighted by Gasteiger charge is 2.51. The van der Waals surface area contributed by atoms with E-state index in [0.29, 0.717) is 10.5 Å². The van der Waals surface area contributed by atoms with Crippen LogP contribution in [0.2, 0.25) is 0 Å². The minimum absolute atomic E-state index is 0.00722. The van der Waals surface area contributed by atoms with Gasteiger partial charge in [-0.3, -0.25) is 14.2 Å². The Morgan fingerprint density at radius 3 is 2.53 bits per heavy atom. The number of hydrogen-bond donors (Lipinski definition) is 1. The molecule has 3 aromatic rings. The van der Waals surface area contributed by atoms with Gasteiger partial charge in [-0.05, 0) is 74.6 Å². The number of aromatic nitrogens is 2. The van der Waals surface area contributed by atoms with Crippen molar-refractivity contribution in [2.45, 2.75) is 61.4 Å². The third-order valence-electron chi connectivity index (χ3n) is 7.64. The second-order valence-corrected chi connectivity index (χ2v) is 13.1. The number of nitrogens with zero attached hydrogens (tertiary/aromatic N) is 2. The third-order valence-corrected chi connectivity index (χ3v) is 10.6. The molecule has 5 nitrogen and oxygen atoms in total. The summed E-state index contributed by atoms with van der Waals surface area (Å²) in [5, 5.41) is 8.49.